The van der Waals surface area contributed by atoms with Gasteiger partial charge in [-0.25, -0.2) is 9.98 Å². The second-order valence-electron chi connectivity index (χ2n) is 6.22. The Kier molecular flexibility index (Phi) is 8.30. The van der Waals surface area contributed by atoms with E-state index in [-0.39, 0.29) is 24.0 Å². The highest BCUT2D eigenvalue weighted by molar-refractivity contribution is 14.0. The average Bonchev–Trinajstić information content (AvgIpc) is 3.05. The van der Waals surface area contributed by atoms with Crippen LogP contribution in [0.2, 0.25) is 0 Å². The molecule has 2 heterocycles. The zero-order valence-electron chi connectivity index (χ0n) is 15.5. The van der Waals surface area contributed by atoms with Crippen molar-refractivity contribution in [1.82, 2.24) is 29.9 Å². The molecule has 0 bridgehead atoms. The predicted octanol–water partition coefficient (Wildman–Crippen LogP) is 1.72. The fourth-order valence-electron chi connectivity index (χ4n) is 2.99. The fraction of sp³-hybridized carbons (Fsp3) is 0.500. The van der Waals surface area contributed by atoms with Crippen LogP contribution in [-0.2, 0) is 20.1 Å². The summed E-state index contributed by atoms with van der Waals surface area (Å²) in [7, 11) is 1.90. The maximum Gasteiger partial charge on any atom is 0.194 e. The maximum atomic E-state index is 4.74. The van der Waals surface area contributed by atoms with Gasteiger partial charge in [0.2, 0.25) is 0 Å². The van der Waals surface area contributed by atoms with E-state index in [1.54, 1.807) is 11.0 Å². The van der Waals surface area contributed by atoms with Crippen LogP contribution < -0.4 is 5.32 Å². The van der Waals surface area contributed by atoms with Gasteiger partial charge in [0, 0.05) is 46.3 Å². The van der Waals surface area contributed by atoms with Crippen molar-refractivity contribution in [2.24, 2.45) is 12.0 Å². The smallest absolute Gasteiger partial charge is 0.194 e. The van der Waals surface area contributed by atoms with Crippen LogP contribution in [0.15, 0.2) is 41.7 Å². The highest BCUT2D eigenvalue weighted by Crippen LogP contribution is 2.09. The molecular weight excluding hydrogens is 441 g/mol. The topological polar surface area (TPSA) is 61.6 Å². The molecule has 1 N–H and O–H groups in total. The molecule has 1 aliphatic heterocycles. The Morgan fingerprint density at radius 1 is 1.15 bits per heavy atom. The summed E-state index contributed by atoms with van der Waals surface area (Å²) < 4.78 is 1.77. The van der Waals surface area contributed by atoms with Crippen molar-refractivity contribution in [3.8, 4) is 0 Å². The number of hydrogen-bond donors (Lipinski definition) is 1. The lowest BCUT2D eigenvalue weighted by atomic mass is 10.2. The Bertz CT molecular complexity index is 678. The zero-order chi connectivity index (χ0) is 17.5. The largest absolute Gasteiger partial charge is 0.357 e. The van der Waals surface area contributed by atoms with Gasteiger partial charge in [0.15, 0.2) is 5.96 Å². The number of benzene rings is 1. The van der Waals surface area contributed by atoms with Crippen LogP contribution >= 0.6 is 24.0 Å². The van der Waals surface area contributed by atoms with Crippen molar-refractivity contribution < 1.29 is 0 Å². The molecule has 0 spiro atoms. The first-order chi connectivity index (χ1) is 12.3. The van der Waals surface area contributed by atoms with Crippen LogP contribution in [0.5, 0.6) is 0 Å². The van der Waals surface area contributed by atoms with Crippen LogP contribution in [0.3, 0.4) is 0 Å². The van der Waals surface area contributed by atoms with Crippen LogP contribution in [0.25, 0.3) is 0 Å². The molecule has 1 aliphatic rings. The van der Waals surface area contributed by atoms with Gasteiger partial charge in [-0.3, -0.25) is 9.58 Å². The van der Waals surface area contributed by atoms with Crippen LogP contribution in [0.1, 0.15) is 18.3 Å². The third-order valence-electron chi connectivity index (χ3n) is 4.43. The minimum absolute atomic E-state index is 0. The first-order valence-electron chi connectivity index (χ1n) is 8.88. The quantitative estimate of drug-likeness (QED) is 0.411. The summed E-state index contributed by atoms with van der Waals surface area (Å²) in [4.78, 5) is 13.8. The Labute approximate surface area is 172 Å². The minimum atomic E-state index is 0. The van der Waals surface area contributed by atoms with E-state index in [1.165, 1.54) is 5.56 Å². The third-order valence-corrected chi connectivity index (χ3v) is 4.43. The summed E-state index contributed by atoms with van der Waals surface area (Å²) in [5.74, 6) is 1.84. The number of nitrogens with zero attached hydrogens (tertiary/aromatic N) is 6. The molecule has 0 radical (unpaired) electrons. The number of guanidine groups is 1. The third kappa shape index (κ3) is 5.66. The lowest BCUT2D eigenvalue weighted by Gasteiger charge is -2.36. The number of aryl methyl sites for hydroxylation is 1. The van der Waals surface area contributed by atoms with Gasteiger partial charge in [-0.1, -0.05) is 30.3 Å². The van der Waals surface area contributed by atoms with E-state index in [1.807, 2.05) is 7.05 Å². The second kappa shape index (κ2) is 10.5. The van der Waals surface area contributed by atoms with Gasteiger partial charge in [0.05, 0.1) is 0 Å². The molecule has 7 nitrogen and oxygen atoms in total. The highest BCUT2D eigenvalue weighted by atomic mass is 127. The van der Waals surface area contributed by atoms with Crippen molar-refractivity contribution in [3.63, 3.8) is 0 Å². The molecule has 0 unspecified atom stereocenters. The van der Waals surface area contributed by atoms with Gasteiger partial charge in [-0.15, -0.1) is 24.0 Å². The lowest BCUT2D eigenvalue weighted by molar-refractivity contribution is 0.172. The van der Waals surface area contributed by atoms with Crippen molar-refractivity contribution in [2.75, 3.05) is 32.7 Å². The molecule has 1 aromatic carbocycles. The standard InChI is InChI=1S/C18H27N7.HI/c1-3-19-18(20-13-17-21-15-22-23(17)2)25-11-9-24(10-12-25)14-16-7-5-4-6-8-16;/h4-8,15H,3,9-14H2,1-2H3,(H,19,20);1H. The van der Waals surface area contributed by atoms with Gasteiger partial charge < -0.3 is 10.2 Å². The van der Waals surface area contributed by atoms with Crippen LogP contribution in [-0.4, -0.2) is 63.2 Å². The molecule has 142 valence electrons. The number of piperazine rings is 1. The highest BCUT2D eigenvalue weighted by Gasteiger charge is 2.19. The first kappa shape index (κ1) is 20.6. The summed E-state index contributed by atoms with van der Waals surface area (Å²) in [5.41, 5.74) is 1.37. The fourth-order valence-corrected chi connectivity index (χ4v) is 2.99. The Morgan fingerprint density at radius 3 is 2.50 bits per heavy atom. The van der Waals surface area contributed by atoms with Gasteiger partial charge in [-0.2, -0.15) is 5.10 Å². The molecule has 26 heavy (non-hydrogen) atoms. The average molecular weight is 469 g/mol. The normalized spacial score (nSPS) is 15.6. The molecule has 2 aromatic rings. The summed E-state index contributed by atoms with van der Waals surface area (Å²) in [6, 6.07) is 10.7. The van der Waals surface area contributed by atoms with E-state index in [0.717, 1.165) is 51.1 Å². The van der Waals surface area contributed by atoms with E-state index in [0.29, 0.717) is 6.54 Å². The van der Waals surface area contributed by atoms with E-state index in [9.17, 15) is 0 Å². The van der Waals surface area contributed by atoms with Crippen LogP contribution in [0.4, 0.5) is 0 Å². The number of halogens is 1. The number of aromatic nitrogens is 3. The van der Waals surface area contributed by atoms with Gasteiger partial charge >= 0.3 is 0 Å². The zero-order valence-corrected chi connectivity index (χ0v) is 17.8. The minimum Gasteiger partial charge on any atom is -0.357 e. The SMILES string of the molecule is CCNC(=NCc1ncnn1C)N1CCN(Cc2ccccc2)CC1.I. The molecule has 8 heteroatoms. The molecule has 3 rings (SSSR count). The lowest BCUT2D eigenvalue weighted by Crippen LogP contribution is -2.52. The van der Waals surface area contributed by atoms with Crippen molar-refractivity contribution in [3.05, 3.63) is 48.0 Å². The summed E-state index contributed by atoms with van der Waals surface area (Å²) in [5, 5.41) is 7.50. The summed E-state index contributed by atoms with van der Waals surface area (Å²) in [6.45, 7) is 8.58. The Balaban J connectivity index is 0.00000243. The summed E-state index contributed by atoms with van der Waals surface area (Å²) >= 11 is 0. The van der Waals surface area contributed by atoms with Crippen molar-refractivity contribution in [2.45, 2.75) is 20.0 Å². The molecule has 0 aliphatic carbocycles. The van der Waals surface area contributed by atoms with Crippen molar-refractivity contribution in [1.29, 1.82) is 0 Å². The molecule has 1 fully saturated rings. The Morgan fingerprint density at radius 2 is 1.88 bits per heavy atom. The second-order valence-corrected chi connectivity index (χ2v) is 6.22. The number of hydrogen-bond acceptors (Lipinski definition) is 4. The Hall–Kier alpha value is -1.68. The molecule has 0 amide bonds. The maximum absolute atomic E-state index is 4.74. The van der Waals surface area contributed by atoms with E-state index in [4.69, 9.17) is 4.99 Å². The van der Waals surface area contributed by atoms with E-state index in [2.05, 4.69) is 62.5 Å². The van der Waals surface area contributed by atoms with E-state index >= 15 is 0 Å². The predicted molar refractivity (Wildman–Crippen MR) is 115 cm³/mol. The monoisotopic (exact) mass is 469 g/mol. The van der Waals surface area contributed by atoms with Gasteiger partial charge in [0.25, 0.3) is 0 Å². The molecule has 1 aromatic heterocycles. The number of nitrogens with one attached hydrogen (secondary N) is 1. The van der Waals surface area contributed by atoms with Crippen LogP contribution in [0, 0.1) is 0 Å². The van der Waals surface area contributed by atoms with Gasteiger partial charge in [-0.05, 0) is 12.5 Å². The van der Waals surface area contributed by atoms with Gasteiger partial charge in [0.1, 0.15) is 18.7 Å². The number of aliphatic imine (C=N–C) groups is 1. The first-order valence-corrected chi connectivity index (χ1v) is 8.88. The molecule has 1 saturated heterocycles. The summed E-state index contributed by atoms with van der Waals surface area (Å²) in [6.07, 6.45) is 1.57. The van der Waals surface area contributed by atoms with Crippen molar-refractivity contribution >= 4 is 29.9 Å². The van der Waals surface area contributed by atoms with E-state index < -0.39 is 0 Å². The molecular formula is C18H28IN7. The number of rotatable bonds is 5. The molecule has 0 atom stereocenters. The molecule has 0 saturated carbocycles.